The van der Waals surface area contributed by atoms with Crippen LogP contribution in [0.1, 0.15) is 19.8 Å². The number of thioether (sulfide) groups is 1. The first-order chi connectivity index (χ1) is 17.5. The minimum atomic E-state index is -0.902. The SMILES string of the molecule is CCN1C(=O)C(CCNc2cccc(OCCN3CCOCC3)c2)SC1CC(C#N)C(=O)NCC#N. The third-order valence-corrected chi connectivity index (χ3v) is 7.70. The molecule has 0 aromatic heterocycles. The lowest BCUT2D eigenvalue weighted by Crippen LogP contribution is -2.38. The Morgan fingerprint density at radius 3 is 2.86 bits per heavy atom. The Morgan fingerprint density at radius 1 is 1.33 bits per heavy atom. The molecule has 11 heteroatoms. The van der Waals surface area contributed by atoms with E-state index in [1.54, 1.807) is 4.90 Å². The molecule has 2 N–H and O–H groups in total. The molecule has 2 aliphatic rings. The van der Waals surface area contributed by atoms with Crippen LogP contribution >= 0.6 is 11.8 Å². The van der Waals surface area contributed by atoms with E-state index in [4.69, 9.17) is 14.7 Å². The highest BCUT2D eigenvalue weighted by atomic mass is 32.2. The summed E-state index contributed by atoms with van der Waals surface area (Å²) in [6, 6.07) is 11.6. The van der Waals surface area contributed by atoms with Gasteiger partial charge in [0.15, 0.2) is 0 Å². The molecule has 36 heavy (non-hydrogen) atoms. The summed E-state index contributed by atoms with van der Waals surface area (Å²) in [5, 5.41) is 23.4. The molecule has 10 nitrogen and oxygen atoms in total. The molecule has 3 unspecified atom stereocenters. The lowest BCUT2D eigenvalue weighted by atomic mass is 10.1. The Hall–Kier alpha value is -2.99. The Morgan fingerprint density at radius 2 is 2.14 bits per heavy atom. The monoisotopic (exact) mass is 514 g/mol. The molecule has 2 fully saturated rings. The van der Waals surface area contributed by atoms with Crippen molar-refractivity contribution in [1.82, 2.24) is 15.1 Å². The fraction of sp³-hybridized carbons (Fsp3) is 0.600. The third kappa shape index (κ3) is 8.02. The van der Waals surface area contributed by atoms with Gasteiger partial charge in [-0.15, -0.1) is 11.8 Å². The van der Waals surface area contributed by atoms with Gasteiger partial charge in [0.1, 0.15) is 24.8 Å². The van der Waals surface area contributed by atoms with Crippen LogP contribution in [0.25, 0.3) is 0 Å². The Balaban J connectivity index is 1.45. The predicted octanol–water partition coefficient (Wildman–Crippen LogP) is 1.66. The van der Waals surface area contributed by atoms with Gasteiger partial charge in [0, 0.05) is 50.9 Å². The molecule has 0 aliphatic carbocycles. The van der Waals surface area contributed by atoms with Gasteiger partial charge in [0.2, 0.25) is 11.8 Å². The summed E-state index contributed by atoms with van der Waals surface area (Å²) in [5.74, 6) is -0.543. The molecule has 2 amide bonds. The Kier molecular flexibility index (Phi) is 11.1. The largest absolute Gasteiger partial charge is 0.492 e. The minimum Gasteiger partial charge on any atom is -0.492 e. The van der Waals surface area contributed by atoms with Crippen molar-refractivity contribution in [3.63, 3.8) is 0 Å². The van der Waals surface area contributed by atoms with E-state index in [0.717, 1.165) is 44.3 Å². The standard InChI is InChI=1S/C25H34N6O4S/c1-2-31-23(16-19(18-27)24(32)29-9-7-26)36-22(25(31)33)6-8-28-20-4-3-5-21(17-20)35-15-12-30-10-13-34-14-11-30/h3-5,17,19,22-23,28H,2,6,8-16H2,1H3,(H,29,32). The van der Waals surface area contributed by atoms with Crippen LogP contribution in [-0.2, 0) is 14.3 Å². The summed E-state index contributed by atoms with van der Waals surface area (Å²) in [6.45, 7) is 7.77. The minimum absolute atomic E-state index is 0.0311. The lowest BCUT2D eigenvalue weighted by molar-refractivity contribution is -0.131. The van der Waals surface area contributed by atoms with Gasteiger partial charge in [-0.25, -0.2) is 0 Å². The molecule has 3 atom stereocenters. The number of hydrogen-bond acceptors (Lipinski definition) is 9. The highest BCUT2D eigenvalue weighted by molar-refractivity contribution is 8.01. The maximum atomic E-state index is 12.9. The van der Waals surface area contributed by atoms with Gasteiger partial charge in [0.05, 0.1) is 36.0 Å². The van der Waals surface area contributed by atoms with Gasteiger partial charge >= 0.3 is 0 Å². The molecule has 2 heterocycles. The second-order valence-corrected chi connectivity index (χ2v) is 9.93. The van der Waals surface area contributed by atoms with Crippen LogP contribution in [0.5, 0.6) is 5.75 Å². The lowest BCUT2D eigenvalue weighted by Gasteiger charge is -2.26. The van der Waals surface area contributed by atoms with Crippen molar-refractivity contribution >= 4 is 29.3 Å². The molecule has 2 saturated heterocycles. The maximum absolute atomic E-state index is 12.9. The van der Waals surface area contributed by atoms with Crippen molar-refractivity contribution in [3.05, 3.63) is 24.3 Å². The molecule has 1 aromatic rings. The summed E-state index contributed by atoms with van der Waals surface area (Å²) in [6.07, 6.45) is 0.863. The number of rotatable bonds is 13. The maximum Gasteiger partial charge on any atom is 0.238 e. The number of carbonyl (C=O) groups excluding carboxylic acids is 2. The van der Waals surface area contributed by atoms with Gasteiger partial charge in [-0.3, -0.25) is 14.5 Å². The molecule has 2 aliphatic heterocycles. The summed E-state index contributed by atoms with van der Waals surface area (Å²) < 4.78 is 11.3. The van der Waals surface area contributed by atoms with E-state index >= 15 is 0 Å². The Labute approximate surface area is 216 Å². The number of amides is 2. The number of nitrogens with zero attached hydrogens (tertiary/aromatic N) is 4. The Bertz CT molecular complexity index is 959. The number of carbonyl (C=O) groups is 2. The first kappa shape index (κ1) is 27.6. The van der Waals surface area contributed by atoms with E-state index in [1.165, 1.54) is 11.8 Å². The number of morpholine rings is 1. The number of benzene rings is 1. The fourth-order valence-corrected chi connectivity index (χ4v) is 5.80. The summed E-state index contributed by atoms with van der Waals surface area (Å²) >= 11 is 1.50. The zero-order valence-electron chi connectivity index (χ0n) is 20.6. The first-order valence-corrected chi connectivity index (χ1v) is 13.3. The molecule has 0 bridgehead atoms. The average Bonchev–Trinajstić information content (AvgIpc) is 3.20. The van der Waals surface area contributed by atoms with E-state index in [0.29, 0.717) is 26.1 Å². The second kappa shape index (κ2) is 14.5. The molecular weight excluding hydrogens is 480 g/mol. The zero-order chi connectivity index (χ0) is 25.8. The molecule has 0 saturated carbocycles. The van der Waals surface area contributed by atoms with Gasteiger partial charge in [-0.1, -0.05) is 6.07 Å². The van der Waals surface area contributed by atoms with Crippen LogP contribution in [0, 0.1) is 28.6 Å². The van der Waals surface area contributed by atoms with Crippen LogP contribution in [-0.4, -0.2) is 91.3 Å². The van der Waals surface area contributed by atoms with Gasteiger partial charge in [0.25, 0.3) is 0 Å². The van der Waals surface area contributed by atoms with Crippen LogP contribution in [0.2, 0.25) is 0 Å². The fourth-order valence-electron chi connectivity index (χ4n) is 4.21. The predicted molar refractivity (Wildman–Crippen MR) is 137 cm³/mol. The average molecular weight is 515 g/mol. The summed E-state index contributed by atoms with van der Waals surface area (Å²) in [7, 11) is 0. The number of nitrogens with one attached hydrogen (secondary N) is 2. The van der Waals surface area contributed by atoms with Crippen LogP contribution in [0.4, 0.5) is 5.69 Å². The van der Waals surface area contributed by atoms with Crippen molar-refractivity contribution in [2.45, 2.75) is 30.4 Å². The van der Waals surface area contributed by atoms with Crippen molar-refractivity contribution in [3.8, 4) is 17.9 Å². The molecule has 0 spiro atoms. The van der Waals surface area contributed by atoms with E-state index in [9.17, 15) is 14.9 Å². The van der Waals surface area contributed by atoms with Crippen LogP contribution in [0.15, 0.2) is 24.3 Å². The van der Waals surface area contributed by atoms with Crippen molar-refractivity contribution in [2.75, 3.05) is 64.4 Å². The highest BCUT2D eigenvalue weighted by Crippen LogP contribution is 2.37. The number of hydrogen-bond donors (Lipinski definition) is 2. The third-order valence-electron chi connectivity index (χ3n) is 6.17. The van der Waals surface area contributed by atoms with Crippen molar-refractivity contribution in [2.24, 2.45) is 5.92 Å². The molecule has 3 rings (SSSR count). The van der Waals surface area contributed by atoms with E-state index in [1.807, 2.05) is 43.3 Å². The first-order valence-electron chi connectivity index (χ1n) is 12.3. The summed E-state index contributed by atoms with van der Waals surface area (Å²) in [5.41, 5.74) is 0.928. The van der Waals surface area contributed by atoms with Gasteiger partial charge < -0.3 is 25.0 Å². The van der Waals surface area contributed by atoms with Crippen LogP contribution < -0.4 is 15.4 Å². The summed E-state index contributed by atoms with van der Waals surface area (Å²) in [4.78, 5) is 29.1. The topological polar surface area (TPSA) is 131 Å². The van der Waals surface area contributed by atoms with Crippen LogP contribution in [0.3, 0.4) is 0 Å². The van der Waals surface area contributed by atoms with Crippen molar-refractivity contribution in [1.29, 1.82) is 10.5 Å². The van der Waals surface area contributed by atoms with E-state index < -0.39 is 11.8 Å². The van der Waals surface area contributed by atoms with Gasteiger partial charge in [-0.2, -0.15) is 10.5 Å². The zero-order valence-corrected chi connectivity index (χ0v) is 21.5. The van der Waals surface area contributed by atoms with E-state index in [2.05, 4.69) is 15.5 Å². The van der Waals surface area contributed by atoms with E-state index in [-0.39, 0.29) is 29.5 Å². The van der Waals surface area contributed by atoms with Gasteiger partial charge in [-0.05, 0) is 25.5 Å². The molecule has 194 valence electrons. The second-order valence-electron chi connectivity index (χ2n) is 8.54. The number of nitriles is 2. The smallest absolute Gasteiger partial charge is 0.238 e. The molecule has 0 radical (unpaired) electrons. The molecular formula is C25H34N6O4S. The molecule has 1 aromatic carbocycles. The number of ether oxygens (including phenoxy) is 2. The van der Waals surface area contributed by atoms with Crippen molar-refractivity contribution < 1.29 is 19.1 Å². The highest BCUT2D eigenvalue weighted by Gasteiger charge is 2.40. The number of anilines is 1. The quantitative estimate of drug-likeness (QED) is 0.377. The normalized spacial score (nSPS) is 20.9.